The molecule has 4 aromatic rings. The second-order valence-electron chi connectivity index (χ2n) is 6.78. The number of halogens is 1. The Bertz CT molecular complexity index is 1160. The Hall–Kier alpha value is -2.16. The zero-order valence-corrected chi connectivity index (χ0v) is 17.9. The van der Waals surface area contributed by atoms with Crippen LogP contribution in [0.25, 0.3) is 31.8 Å². The zero-order valence-electron chi connectivity index (χ0n) is 14.7. The predicted molar refractivity (Wildman–Crippen MR) is 117 cm³/mol. The van der Waals surface area contributed by atoms with Gasteiger partial charge in [0.1, 0.15) is 5.82 Å². The maximum absolute atomic E-state index is 11.4. The smallest absolute Gasteiger partial charge is 0.407 e. The summed E-state index contributed by atoms with van der Waals surface area (Å²) in [5.74, 6) is 0.724. The third kappa shape index (κ3) is 2.96. The van der Waals surface area contributed by atoms with Crippen LogP contribution in [0, 0.1) is 0 Å². The van der Waals surface area contributed by atoms with E-state index in [1.165, 1.54) is 25.4 Å². The van der Waals surface area contributed by atoms with Crippen LogP contribution in [-0.2, 0) is 0 Å². The summed E-state index contributed by atoms with van der Waals surface area (Å²) >= 11 is 7.12. The number of hydrogen-bond donors (Lipinski definition) is 2. The summed E-state index contributed by atoms with van der Waals surface area (Å²) in [5.41, 5.74) is 4.40. The molecule has 5 nitrogen and oxygen atoms in total. The number of aromatic nitrogens is 2. The lowest BCUT2D eigenvalue weighted by molar-refractivity contribution is 0.139. The molecular formula is C20H16BrN3O2S2. The Morgan fingerprint density at radius 2 is 1.93 bits per heavy atom. The van der Waals surface area contributed by atoms with E-state index in [0.29, 0.717) is 6.54 Å². The van der Waals surface area contributed by atoms with Crippen LogP contribution in [0.3, 0.4) is 0 Å². The number of aromatic amines is 1. The van der Waals surface area contributed by atoms with Gasteiger partial charge in [-0.15, -0.1) is 22.7 Å². The quantitative estimate of drug-likeness (QED) is 0.352. The lowest BCUT2D eigenvalue weighted by atomic mass is 10.1. The van der Waals surface area contributed by atoms with Crippen molar-refractivity contribution < 1.29 is 9.90 Å². The lowest BCUT2D eigenvalue weighted by Gasteiger charge is -2.19. The molecule has 5 rings (SSSR count). The number of likely N-dealkylation sites (tertiary alicyclic amines) is 1. The third-order valence-electron chi connectivity index (χ3n) is 5.16. The minimum absolute atomic E-state index is 0.179. The number of nitrogens with one attached hydrogen (secondary N) is 1. The van der Waals surface area contributed by atoms with Crippen molar-refractivity contribution in [2.45, 2.75) is 18.9 Å². The number of carboxylic acid groups (broad SMARTS) is 1. The number of carbonyl (C=O) groups is 1. The van der Waals surface area contributed by atoms with Crippen LogP contribution in [0.5, 0.6) is 0 Å². The number of H-pyrrole nitrogens is 1. The Morgan fingerprint density at radius 3 is 2.71 bits per heavy atom. The van der Waals surface area contributed by atoms with Crippen molar-refractivity contribution in [2.24, 2.45) is 0 Å². The highest BCUT2D eigenvalue weighted by Gasteiger charge is 2.31. The third-order valence-corrected chi connectivity index (χ3v) is 8.51. The summed E-state index contributed by atoms with van der Waals surface area (Å²) in [7, 11) is 0. The summed E-state index contributed by atoms with van der Waals surface area (Å²) in [6.07, 6.45) is 2.59. The van der Waals surface area contributed by atoms with E-state index in [0.717, 1.165) is 34.4 Å². The first-order valence-corrected chi connectivity index (χ1v) is 11.5. The van der Waals surface area contributed by atoms with E-state index in [-0.39, 0.29) is 6.04 Å². The van der Waals surface area contributed by atoms with E-state index in [4.69, 9.17) is 0 Å². The molecule has 1 unspecified atom stereocenters. The predicted octanol–water partition coefficient (Wildman–Crippen LogP) is 6.60. The van der Waals surface area contributed by atoms with Crippen LogP contribution >= 0.6 is 38.6 Å². The zero-order chi connectivity index (χ0) is 19.3. The van der Waals surface area contributed by atoms with Crippen LogP contribution in [-0.4, -0.2) is 32.6 Å². The highest BCUT2D eigenvalue weighted by molar-refractivity contribution is 9.10. The van der Waals surface area contributed by atoms with Crippen molar-refractivity contribution in [3.63, 3.8) is 0 Å². The van der Waals surface area contributed by atoms with E-state index in [9.17, 15) is 9.90 Å². The number of nitrogens with zero attached hydrogens (tertiary/aromatic N) is 2. The fraction of sp³-hybridized carbons (Fsp3) is 0.200. The van der Waals surface area contributed by atoms with Crippen LogP contribution in [0.15, 0.2) is 45.7 Å². The SMILES string of the molecule is O=C(O)N1CCCC1c1ncc(-c2ccc(-c3csc4c(Br)csc34)cc2)[nH]1. The Labute approximate surface area is 177 Å². The second-order valence-corrected chi connectivity index (χ2v) is 9.40. The topological polar surface area (TPSA) is 69.2 Å². The van der Waals surface area contributed by atoms with Gasteiger partial charge in [-0.2, -0.15) is 0 Å². The molecular weight excluding hydrogens is 458 g/mol. The molecule has 28 heavy (non-hydrogen) atoms. The Morgan fingerprint density at radius 1 is 1.18 bits per heavy atom. The number of hydrogen-bond acceptors (Lipinski definition) is 4. The van der Waals surface area contributed by atoms with E-state index >= 15 is 0 Å². The molecule has 8 heteroatoms. The molecule has 1 atom stereocenters. The van der Waals surface area contributed by atoms with Gasteiger partial charge in [-0.25, -0.2) is 9.78 Å². The number of amides is 1. The van der Waals surface area contributed by atoms with Crippen LogP contribution < -0.4 is 0 Å². The summed E-state index contributed by atoms with van der Waals surface area (Å²) in [6, 6.07) is 8.25. The largest absolute Gasteiger partial charge is 0.465 e. The van der Waals surface area contributed by atoms with Gasteiger partial charge in [0.05, 0.1) is 27.3 Å². The standard InChI is InChI=1S/C20H16BrN3O2S2/c21-14-10-28-17-13(9-27-18(14)17)11-3-5-12(6-4-11)15-8-22-19(23-15)16-2-1-7-24(16)20(25)26/h3-6,8-10,16H,1-2,7H2,(H,22,23)(H,25,26). The molecule has 0 aliphatic carbocycles. The summed E-state index contributed by atoms with van der Waals surface area (Å²) < 4.78 is 3.76. The van der Waals surface area contributed by atoms with Crippen molar-refractivity contribution in [1.29, 1.82) is 0 Å². The van der Waals surface area contributed by atoms with Gasteiger partial charge in [0.2, 0.25) is 0 Å². The summed E-state index contributed by atoms with van der Waals surface area (Å²) in [6.45, 7) is 0.568. The van der Waals surface area contributed by atoms with E-state index < -0.39 is 6.09 Å². The number of thiophene rings is 2. The van der Waals surface area contributed by atoms with Gasteiger partial charge in [-0.05, 0) is 39.9 Å². The van der Waals surface area contributed by atoms with Gasteiger partial charge in [0.15, 0.2) is 0 Å². The molecule has 0 bridgehead atoms. The first-order chi connectivity index (χ1) is 13.6. The molecule has 1 aliphatic rings. The molecule has 1 fully saturated rings. The molecule has 0 saturated carbocycles. The molecule has 1 aromatic carbocycles. The van der Waals surface area contributed by atoms with Gasteiger partial charge in [-0.3, -0.25) is 4.90 Å². The number of imidazole rings is 1. The highest BCUT2D eigenvalue weighted by atomic mass is 79.9. The fourth-order valence-electron chi connectivity index (χ4n) is 3.75. The summed E-state index contributed by atoms with van der Waals surface area (Å²) in [5, 5.41) is 13.7. The van der Waals surface area contributed by atoms with Crippen molar-refractivity contribution in [3.05, 3.63) is 51.5 Å². The summed E-state index contributed by atoms with van der Waals surface area (Å²) in [4.78, 5) is 20.6. The van der Waals surface area contributed by atoms with Gasteiger partial charge in [0, 0.05) is 27.3 Å². The van der Waals surface area contributed by atoms with E-state index in [2.05, 4.69) is 60.9 Å². The van der Waals surface area contributed by atoms with Crippen molar-refractivity contribution in [2.75, 3.05) is 6.54 Å². The van der Waals surface area contributed by atoms with Crippen molar-refractivity contribution in [3.8, 4) is 22.4 Å². The van der Waals surface area contributed by atoms with Crippen molar-refractivity contribution >= 4 is 54.1 Å². The van der Waals surface area contributed by atoms with Gasteiger partial charge in [-0.1, -0.05) is 24.3 Å². The number of benzene rings is 1. The van der Waals surface area contributed by atoms with Crippen LogP contribution in [0.1, 0.15) is 24.7 Å². The maximum Gasteiger partial charge on any atom is 0.407 e. The minimum Gasteiger partial charge on any atom is -0.465 e. The molecule has 1 aliphatic heterocycles. The van der Waals surface area contributed by atoms with Gasteiger partial charge < -0.3 is 10.1 Å². The van der Waals surface area contributed by atoms with E-state index in [1.54, 1.807) is 28.9 Å². The molecule has 2 N–H and O–H groups in total. The minimum atomic E-state index is -0.882. The number of fused-ring (bicyclic) bond motifs is 1. The van der Waals surface area contributed by atoms with Gasteiger partial charge >= 0.3 is 6.09 Å². The Kier molecular flexibility index (Phi) is 4.49. The molecule has 0 spiro atoms. The van der Waals surface area contributed by atoms with Crippen molar-refractivity contribution in [1.82, 2.24) is 14.9 Å². The highest BCUT2D eigenvalue weighted by Crippen LogP contribution is 2.42. The molecule has 1 amide bonds. The maximum atomic E-state index is 11.4. The molecule has 0 radical (unpaired) electrons. The normalized spacial score (nSPS) is 16.9. The number of rotatable bonds is 3. The lowest BCUT2D eigenvalue weighted by Crippen LogP contribution is -2.29. The van der Waals surface area contributed by atoms with Gasteiger partial charge in [0.25, 0.3) is 0 Å². The van der Waals surface area contributed by atoms with Crippen LogP contribution in [0.4, 0.5) is 4.79 Å². The van der Waals surface area contributed by atoms with Crippen LogP contribution in [0.2, 0.25) is 0 Å². The molecule has 1 saturated heterocycles. The first kappa shape index (κ1) is 17.9. The Balaban J connectivity index is 1.42. The molecule has 4 heterocycles. The van der Waals surface area contributed by atoms with E-state index in [1.807, 2.05) is 0 Å². The average Bonchev–Trinajstić information content (AvgIpc) is 3.47. The second kappa shape index (κ2) is 7.02. The molecule has 142 valence electrons. The molecule has 3 aromatic heterocycles. The fourth-order valence-corrected chi connectivity index (χ4v) is 6.82. The average molecular weight is 474 g/mol. The monoisotopic (exact) mass is 473 g/mol. The first-order valence-electron chi connectivity index (χ1n) is 8.91.